The normalized spacial score (nSPS) is 15.2. The second-order valence-electron chi connectivity index (χ2n) is 9.13. The van der Waals surface area contributed by atoms with Gasteiger partial charge in [0.05, 0.1) is 37.5 Å². The molecule has 214 valence electrons. The number of nitrogens with one attached hydrogen (secondary N) is 1. The van der Waals surface area contributed by atoms with Gasteiger partial charge in [0.1, 0.15) is 11.8 Å². The lowest BCUT2D eigenvalue weighted by Gasteiger charge is -2.24. The van der Waals surface area contributed by atoms with Crippen LogP contribution in [0.2, 0.25) is 0 Å². The molecule has 8 nitrogen and oxygen atoms in total. The van der Waals surface area contributed by atoms with E-state index >= 15 is 0 Å². The van der Waals surface area contributed by atoms with Crippen LogP contribution in [0, 0.1) is 0 Å². The number of benzene rings is 3. The van der Waals surface area contributed by atoms with E-state index in [1.54, 1.807) is 24.1 Å². The van der Waals surface area contributed by atoms with Gasteiger partial charge in [-0.15, -0.1) is 0 Å². The Morgan fingerprint density at radius 1 is 1.00 bits per heavy atom. The summed E-state index contributed by atoms with van der Waals surface area (Å²) < 4.78 is 50.0. The van der Waals surface area contributed by atoms with E-state index in [4.69, 9.17) is 17.0 Å². The number of carbonyl (C=O) groups excluding carboxylic acids is 3. The summed E-state index contributed by atoms with van der Waals surface area (Å²) in [6.45, 7) is 0.234. The van der Waals surface area contributed by atoms with Gasteiger partial charge in [0.25, 0.3) is 5.91 Å². The van der Waals surface area contributed by atoms with Gasteiger partial charge >= 0.3 is 12.1 Å². The Hall–Kier alpha value is -4.45. The zero-order valence-corrected chi connectivity index (χ0v) is 22.9. The highest BCUT2D eigenvalue weighted by molar-refractivity contribution is 7.80. The predicted octanol–water partition coefficient (Wildman–Crippen LogP) is 5.07. The Morgan fingerprint density at radius 3 is 2.29 bits per heavy atom. The van der Waals surface area contributed by atoms with Crippen molar-refractivity contribution in [1.29, 1.82) is 0 Å². The molecule has 3 aromatic carbocycles. The Morgan fingerprint density at radius 2 is 1.68 bits per heavy atom. The minimum absolute atomic E-state index is 0.00284. The maximum atomic E-state index is 13.6. The lowest BCUT2D eigenvalue weighted by molar-refractivity contribution is -0.137. The van der Waals surface area contributed by atoms with Crippen LogP contribution in [0.3, 0.4) is 0 Å². The first-order chi connectivity index (χ1) is 19.5. The molecule has 0 saturated carbocycles. The fourth-order valence-electron chi connectivity index (χ4n) is 4.38. The number of hydrogen-bond donors (Lipinski definition) is 1. The summed E-state index contributed by atoms with van der Waals surface area (Å²) in [5, 5.41) is 2.69. The van der Waals surface area contributed by atoms with Gasteiger partial charge in [-0.25, -0.2) is 4.79 Å². The van der Waals surface area contributed by atoms with Crippen LogP contribution in [0.5, 0.6) is 5.75 Å². The minimum atomic E-state index is -4.61. The van der Waals surface area contributed by atoms with Crippen LogP contribution in [0.1, 0.15) is 27.9 Å². The van der Waals surface area contributed by atoms with Crippen molar-refractivity contribution in [3.05, 3.63) is 89.5 Å². The number of thiocarbonyl (C=S) groups is 1. The van der Waals surface area contributed by atoms with Crippen LogP contribution >= 0.6 is 12.2 Å². The number of esters is 1. The summed E-state index contributed by atoms with van der Waals surface area (Å²) >= 11 is 5.58. The van der Waals surface area contributed by atoms with E-state index < -0.39 is 35.6 Å². The van der Waals surface area contributed by atoms with E-state index in [1.807, 2.05) is 12.1 Å². The van der Waals surface area contributed by atoms with E-state index in [0.29, 0.717) is 23.4 Å². The van der Waals surface area contributed by atoms with Gasteiger partial charge in [-0.3, -0.25) is 14.5 Å². The molecule has 1 aliphatic heterocycles. The molecule has 2 amide bonds. The van der Waals surface area contributed by atoms with Crippen LogP contribution in [0.15, 0.2) is 72.8 Å². The van der Waals surface area contributed by atoms with Gasteiger partial charge in [0.2, 0.25) is 5.91 Å². The van der Waals surface area contributed by atoms with E-state index in [0.717, 1.165) is 22.6 Å². The minimum Gasteiger partial charge on any atom is -0.497 e. The number of alkyl halides is 3. The van der Waals surface area contributed by atoms with Gasteiger partial charge in [0.15, 0.2) is 5.11 Å². The van der Waals surface area contributed by atoms with Crippen LogP contribution < -0.4 is 15.0 Å². The summed E-state index contributed by atoms with van der Waals surface area (Å²) in [5.74, 6) is -0.988. The molecule has 1 N–H and O–H groups in total. The SMILES string of the molecule is COC(=O)c1ccc(NC(=O)CC2C(=O)N(c3cccc(C(F)(F)F)c3)C(=S)N2CCc2ccc(OC)cc2)cc1. The fraction of sp³-hybridized carbons (Fsp3) is 0.241. The maximum absolute atomic E-state index is 13.6. The molecule has 1 unspecified atom stereocenters. The largest absolute Gasteiger partial charge is 0.497 e. The third-order valence-corrected chi connectivity index (χ3v) is 6.94. The molecular formula is C29H26F3N3O5S. The zero-order valence-electron chi connectivity index (χ0n) is 22.1. The molecule has 4 rings (SSSR count). The smallest absolute Gasteiger partial charge is 0.416 e. The highest BCUT2D eigenvalue weighted by Gasteiger charge is 2.44. The van der Waals surface area contributed by atoms with Crippen LogP contribution in [-0.2, 0) is 26.9 Å². The van der Waals surface area contributed by atoms with Crippen LogP contribution in [0.4, 0.5) is 24.5 Å². The molecular weight excluding hydrogens is 559 g/mol. The van der Waals surface area contributed by atoms with Gasteiger partial charge < -0.3 is 19.7 Å². The number of ether oxygens (including phenoxy) is 2. The van der Waals surface area contributed by atoms with Crippen molar-refractivity contribution < 1.29 is 37.0 Å². The number of methoxy groups -OCH3 is 2. The molecule has 0 bridgehead atoms. The fourth-order valence-corrected chi connectivity index (χ4v) is 4.80. The summed E-state index contributed by atoms with van der Waals surface area (Å²) in [6, 6.07) is 16.5. The monoisotopic (exact) mass is 585 g/mol. The molecule has 3 aromatic rings. The first-order valence-electron chi connectivity index (χ1n) is 12.4. The highest BCUT2D eigenvalue weighted by atomic mass is 32.1. The molecule has 0 radical (unpaired) electrons. The summed E-state index contributed by atoms with van der Waals surface area (Å²) in [5.41, 5.74) is 0.628. The molecule has 0 aromatic heterocycles. The quantitative estimate of drug-likeness (QED) is 0.277. The average molecular weight is 586 g/mol. The lowest BCUT2D eigenvalue weighted by atomic mass is 10.1. The Kier molecular flexibility index (Phi) is 8.92. The summed E-state index contributed by atoms with van der Waals surface area (Å²) in [4.78, 5) is 40.9. The molecule has 1 aliphatic rings. The van der Waals surface area contributed by atoms with E-state index in [9.17, 15) is 27.6 Å². The number of carbonyl (C=O) groups is 3. The number of halogens is 3. The third-order valence-electron chi connectivity index (χ3n) is 6.52. The lowest BCUT2D eigenvalue weighted by Crippen LogP contribution is -2.39. The van der Waals surface area contributed by atoms with Gasteiger partial charge in [0, 0.05) is 12.2 Å². The van der Waals surface area contributed by atoms with E-state index in [-0.39, 0.29) is 23.8 Å². The Balaban J connectivity index is 1.57. The van der Waals surface area contributed by atoms with Crippen molar-refractivity contribution in [2.24, 2.45) is 0 Å². The van der Waals surface area contributed by atoms with Crippen molar-refractivity contribution in [3.63, 3.8) is 0 Å². The third kappa shape index (κ3) is 6.83. The summed E-state index contributed by atoms with van der Waals surface area (Å²) in [6.07, 6.45) is -4.48. The number of rotatable bonds is 9. The van der Waals surface area contributed by atoms with Crippen molar-refractivity contribution in [1.82, 2.24) is 4.90 Å². The number of anilines is 2. The predicted molar refractivity (Wildman–Crippen MR) is 150 cm³/mol. The molecule has 12 heteroatoms. The number of hydrogen-bond acceptors (Lipinski definition) is 6. The first-order valence-corrected chi connectivity index (χ1v) is 12.9. The standard InChI is InChI=1S/C29H26F3N3O5S/c1-39-23-12-6-18(7-13-23)14-15-34-24(17-25(36)33-21-10-8-19(9-11-21)27(38)40-2)26(37)35(28(34)41)22-5-3-4-20(16-22)29(30,31)32/h3-13,16,24H,14-15,17H2,1-2H3,(H,33,36). The highest BCUT2D eigenvalue weighted by Crippen LogP contribution is 2.34. The molecule has 0 spiro atoms. The van der Waals surface area contributed by atoms with Gasteiger partial charge in [-0.1, -0.05) is 18.2 Å². The number of nitrogens with zero attached hydrogens (tertiary/aromatic N) is 2. The maximum Gasteiger partial charge on any atom is 0.416 e. The Bertz CT molecular complexity index is 1450. The molecule has 1 atom stereocenters. The van der Waals surface area contributed by atoms with Crippen LogP contribution in [0.25, 0.3) is 0 Å². The second-order valence-corrected chi connectivity index (χ2v) is 9.50. The number of amides is 2. The average Bonchev–Trinajstić information content (AvgIpc) is 3.19. The first kappa shape index (κ1) is 29.5. The summed E-state index contributed by atoms with van der Waals surface area (Å²) in [7, 11) is 2.80. The van der Waals surface area contributed by atoms with Gasteiger partial charge in [-0.05, 0) is 78.8 Å². The molecule has 0 aliphatic carbocycles. The van der Waals surface area contributed by atoms with Crippen molar-refractivity contribution in [3.8, 4) is 5.75 Å². The Labute approximate surface area is 239 Å². The topological polar surface area (TPSA) is 88.2 Å². The molecule has 1 saturated heterocycles. The van der Waals surface area contributed by atoms with E-state index in [2.05, 4.69) is 10.1 Å². The van der Waals surface area contributed by atoms with Crippen molar-refractivity contribution in [2.45, 2.75) is 25.1 Å². The van der Waals surface area contributed by atoms with Gasteiger partial charge in [-0.2, -0.15) is 13.2 Å². The van der Waals surface area contributed by atoms with Crippen LogP contribution in [-0.4, -0.2) is 54.6 Å². The second kappa shape index (κ2) is 12.4. The van der Waals surface area contributed by atoms with E-state index in [1.165, 1.54) is 43.5 Å². The molecule has 41 heavy (non-hydrogen) atoms. The molecule has 1 fully saturated rings. The molecule has 1 heterocycles. The van der Waals surface area contributed by atoms with Crippen molar-refractivity contribution in [2.75, 3.05) is 31.0 Å². The zero-order chi connectivity index (χ0) is 29.7. The van der Waals surface area contributed by atoms with Crippen molar-refractivity contribution >= 4 is 46.5 Å².